The molecule has 5 nitrogen and oxygen atoms in total. The van der Waals surface area contributed by atoms with Crippen LogP contribution >= 0.6 is 15.9 Å². The molecule has 2 aliphatic rings. The van der Waals surface area contributed by atoms with Gasteiger partial charge in [-0.2, -0.15) is 0 Å². The molecule has 7 heteroatoms. The Kier molecular flexibility index (Phi) is 7.91. The van der Waals surface area contributed by atoms with E-state index in [0.717, 1.165) is 62.7 Å². The maximum Gasteiger partial charge on any atom is 0.191 e. The number of hydrogen-bond acceptors (Lipinski definition) is 3. The molecule has 0 aliphatic carbocycles. The van der Waals surface area contributed by atoms with Gasteiger partial charge in [0.05, 0.1) is 13.2 Å². The first-order valence-corrected chi connectivity index (χ1v) is 10.7. The van der Waals surface area contributed by atoms with E-state index in [1.165, 1.54) is 12.5 Å². The largest absolute Gasteiger partial charge is 0.381 e. The highest BCUT2D eigenvalue weighted by atomic mass is 79.9. The molecule has 0 saturated carbocycles. The van der Waals surface area contributed by atoms with Gasteiger partial charge in [-0.15, -0.1) is 0 Å². The van der Waals surface area contributed by atoms with E-state index >= 15 is 0 Å². The van der Waals surface area contributed by atoms with Gasteiger partial charge in [0.1, 0.15) is 5.82 Å². The van der Waals surface area contributed by atoms with E-state index in [4.69, 9.17) is 4.74 Å². The van der Waals surface area contributed by atoms with Crippen LogP contribution in [0.1, 0.15) is 31.7 Å². The van der Waals surface area contributed by atoms with Gasteiger partial charge in [-0.3, -0.25) is 0 Å². The summed E-state index contributed by atoms with van der Waals surface area (Å²) in [5.74, 6) is 1.24. The van der Waals surface area contributed by atoms with Gasteiger partial charge >= 0.3 is 0 Å². The van der Waals surface area contributed by atoms with Crippen LogP contribution in [-0.4, -0.2) is 56.3 Å². The summed E-state index contributed by atoms with van der Waals surface area (Å²) in [5.41, 5.74) is 0.601. The Balaban J connectivity index is 1.49. The van der Waals surface area contributed by atoms with Crippen LogP contribution in [0.5, 0.6) is 0 Å². The van der Waals surface area contributed by atoms with Crippen molar-refractivity contribution in [3.05, 3.63) is 34.1 Å². The minimum atomic E-state index is -0.229. The van der Waals surface area contributed by atoms with Crippen molar-refractivity contribution >= 4 is 21.9 Å². The molecule has 0 bridgehead atoms. The lowest BCUT2D eigenvalue weighted by Gasteiger charge is -2.34. The molecule has 2 aliphatic heterocycles. The number of aliphatic imine (C=N–C) groups is 1. The molecule has 1 aromatic carbocycles. The number of guanidine groups is 1. The number of likely N-dealkylation sites (tertiary alicyclic amines) is 1. The van der Waals surface area contributed by atoms with Crippen molar-refractivity contribution in [2.45, 2.75) is 38.8 Å². The van der Waals surface area contributed by atoms with Crippen molar-refractivity contribution in [3.8, 4) is 0 Å². The zero-order valence-corrected chi connectivity index (χ0v) is 17.6. The Hall–Kier alpha value is -1.18. The van der Waals surface area contributed by atoms with E-state index in [9.17, 15) is 4.39 Å². The first kappa shape index (κ1) is 20.6. The number of piperidine rings is 1. The smallest absolute Gasteiger partial charge is 0.191 e. The predicted octanol–water partition coefficient (Wildman–Crippen LogP) is 3.14. The standard InChI is InChI=1S/C20H30BrFN4O/c1-2-23-20(24-12-16-3-4-17(21)11-19(16)22)25-18-5-8-26(9-6-18)13-15-7-10-27-14-15/h3-4,11,15,18H,2,5-10,12-14H2,1H3,(H2,23,24,25). The third-order valence-electron chi connectivity index (χ3n) is 5.24. The molecule has 2 heterocycles. The predicted molar refractivity (Wildman–Crippen MR) is 110 cm³/mol. The highest BCUT2D eigenvalue weighted by Crippen LogP contribution is 2.18. The molecule has 27 heavy (non-hydrogen) atoms. The molecular weight excluding hydrogens is 411 g/mol. The topological polar surface area (TPSA) is 48.9 Å². The lowest BCUT2D eigenvalue weighted by atomic mass is 10.0. The first-order chi connectivity index (χ1) is 13.1. The zero-order valence-electron chi connectivity index (χ0n) is 16.0. The Morgan fingerprint density at radius 1 is 1.33 bits per heavy atom. The van der Waals surface area contributed by atoms with E-state index < -0.39 is 0 Å². The number of nitrogens with one attached hydrogen (secondary N) is 2. The van der Waals surface area contributed by atoms with E-state index in [-0.39, 0.29) is 5.82 Å². The van der Waals surface area contributed by atoms with Crippen molar-refractivity contribution in [3.63, 3.8) is 0 Å². The van der Waals surface area contributed by atoms with E-state index in [0.29, 0.717) is 24.1 Å². The number of hydrogen-bond donors (Lipinski definition) is 2. The van der Waals surface area contributed by atoms with Gasteiger partial charge in [0.2, 0.25) is 0 Å². The third-order valence-corrected chi connectivity index (χ3v) is 5.73. The zero-order chi connectivity index (χ0) is 19.1. The lowest BCUT2D eigenvalue weighted by molar-refractivity contribution is 0.150. The summed E-state index contributed by atoms with van der Waals surface area (Å²) in [6.07, 6.45) is 3.40. The molecule has 2 fully saturated rings. The van der Waals surface area contributed by atoms with Crippen LogP contribution in [0, 0.1) is 11.7 Å². The van der Waals surface area contributed by atoms with Crippen molar-refractivity contribution in [2.24, 2.45) is 10.9 Å². The van der Waals surface area contributed by atoms with Gasteiger partial charge < -0.3 is 20.3 Å². The molecule has 0 amide bonds. The average molecular weight is 441 g/mol. The fourth-order valence-electron chi connectivity index (χ4n) is 3.68. The fraction of sp³-hybridized carbons (Fsp3) is 0.650. The van der Waals surface area contributed by atoms with E-state index in [1.54, 1.807) is 6.07 Å². The Morgan fingerprint density at radius 2 is 2.15 bits per heavy atom. The summed E-state index contributed by atoms with van der Waals surface area (Å²) in [5, 5.41) is 6.81. The summed E-state index contributed by atoms with van der Waals surface area (Å²) >= 11 is 3.29. The molecule has 1 aromatic rings. The first-order valence-electron chi connectivity index (χ1n) is 9.93. The Labute approximate surface area is 169 Å². The minimum absolute atomic E-state index is 0.229. The molecule has 3 rings (SSSR count). The van der Waals surface area contributed by atoms with Crippen LogP contribution < -0.4 is 10.6 Å². The summed E-state index contributed by atoms with van der Waals surface area (Å²) in [6, 6.07) is 5.52. The minimum Gasteiger partial charge on any atom is -0.381 e. The van der Waals surface area contributed by atoms with Crippen molar-refractivity contribution in [1.82, 2.24) is 15.5 Å². The van der Waals surface area contributed by atoms with Crippen LogP contribution in [0.25, 0.3) is 0 Å². The third kappa shape index (κ3) is 6.43. The molecular formula is C20H30BrFN4O. The van der Waals surface area contributed by atoms with Gasteiger partial charge in [-0.05, 0) is 44.2 Å². The van der Waals surface area contributed by atoms with Crippen LogP contribution in [0.3, 0.4) is 0 Å². The van der Waals surface area contributed by atoms with Crippen molar-refractivity contribution < 1.29 is 9.13 Å². The van der Waals surface area contributed by atoms with Crippen LogP contribution in [-0.2, 0) is 11.3 Å². The van der Waals surface area contributed by atoms with Crippen LogP contribution in [0.2, 0.25) is 0 Å². The van der Waals surface area contributed by atoms with Gasteiger partial charge in [-0.25, -0.2) is 9.38 Å². The van der Waals surface area contributed by atoms with Gasteiger partial charge in [0.15, 0.2) is 5.96 Å². The summed E-state index contributed by atoms with van der Waals surface area (Å²) < 4.78 is 20.2. The molecule has 0 radical (unpaired) electrons. The molecule has 2 N–H and O–H groups in total. The van der Waals surface area contributed by atoms with Crippen LogP contribution in [0.15, 0.2) is 27.7 Å². The summed E-state index contributed by atoms with van der Waals surface area (Å²) in [7, 11) is 0. The Morgan fingerprint density at radius 3 is 2.81 bits per heavy atom. The fourth-order valence-corrected chi connectivity index (χ4v) is 4.01. The second kappa shape index (κ2) is 10.4. The van der Waals surface area contributed by atoms with Gasteiger partial charge in [-0.1, -0.05) is 22.0 Å². The lowest BCUT2D eigenvalue weighted by Crippen LogP contribution is -2.49. The second-order valence-corrected chi connectivity index (χ2v) is 8.30. The monoisotopic (exact) mass is 440 g/mol. The SMILES string of the molecule is CCNC(=NCc1ccc(Br)cc1F)NC1CCN(CC2CCOC2)CC1. The quantitative estimate of drug-likeness (QED) is 0.526. The second-order valence-electron chi connectivity index (χ2n) is 7.38. The molecule has 1 atom stereocenters. The molecule has 0 aromatic heterocycles. The van der Waals surface area contributed by atoms with Gasteiger partial charge in [0.25, 0.3) is 0 Å². The number of nitrogens with zero attached hydrogens (tertiary/aromatic N) is 2. The molecule has 1 unspecified atom stereocenters. The van der Waals surface area contributed by atoms with E-state index in [2.05, 4.69) is 36.5 Å². The maximum atomic E-state index is 14.0. The normalized spacial score (nSPS) is 22.2. The number of benzene rings is 1. The van der Waals surface area contributed by atoms with Crippen molar-refractivity contribution in [2.75, 3.05) is 39.4 Å². The van der Waals surface area contributed by atoms with E-state index in [1.807, 2.05) is 13.0 Å². The highest BCUT2D eigenvalue weighted by Gasteiger charge is 2.24. The van der Waals surface area contributed by atoms with Crippen molar-refractivity contribution in [1.29, 1.82) is 0 Å². The number of rotatable bonds is 6. The number of halogens is 2. The average Bonchev–Trinajstić information content (AvgIpc) is 3.16. The summed E-state index contributed by atoms with van der Waals surface area (Å²) in [6.45, 7) is 8.37. The number of ether oxygens (including phenoxy) is 1. The Bertz CT molecular complexity index is 628. The molecule has 2 saturated heterocycles. The maximum absolute atomic E-state index is 14.0. The van der Waals surface area contributed by atoms with Gasteiger partial charge in [0, 0.05) is 48.9 Å². The molecule has 150 valence electrons. The van der Waals surface area contributed by atoms with Crippen LogP contribution in [0.4, 0.5) is 4.39 Å². The summed E-state index contributed by atoms with van der Waals surface area (Å²) in [4.78, 5) is 7.13. The highest BCUT2D eigenvalue weighted by molar-refractivity contribution is 9.10. The molecule has 0 spiro atoms.